The molecule has 0 aromatic carbocycles. The van der Waals surface area contributed by atoms with Crippen molar-refractivity contribution in [3.8, 4) is 6.07 Å². The Morgan fingerprint density at radius 2 is 2.44 bits per heavy atom. The van der Waals surface area contributed by atoms with E-state index in [2.05, 4.69) is 4.74 Å². The summed E-state index contributed by atoms with van der Waals surface area (Å²) in [6, 6.07) is 1.55. The Kier molecular flexibility index (Phi) is 10.1. The van der Waals surface area contributed by atoms with E-state index in [0.717, 1.165) is 6.42 Å². The van der Waals surface area contributed by atoms with Crippen LogP contribution in [-0.4, -0.2) is 12.6 Å². The summed E-state index contributed by atoms with van der Waals surface area (Å²) in [6.07, 6.45) is 0.823. The molecule has 4 heteroatoms. The van der Waals surface area contributed by atoms with Gasteiger partial charge in [-0.25, -0.2) is 5.26 Å². The molecule has 0 aromatic heterocycles. The van der Waals surface area contributed by atoms with E-state index in [1.54, 1.807) is 13.0 Å². The van der Waals surface area contributed by atoms with Gasteiger partial charge in [0.15, 0.2) is 5.97 Å². The molecule has 0 aliphatic heterocycles. The Balaban J connectivity index is 0. The van der Waals surface area contributed by atoms with Crippen LogP contribution in [0.15, 0.2) is 0 Å². The molecule has 0 spiro atoms. The van der Waals surface area contributed by atoms with Gasteiger partial charge in [-0.15, -0.1) is 0 Å². The van der Waals surface area contributed by atoms with Crippen LogP contribution in [-0.2, 0) is 9.53 Å². The van der Waals surface area contributed by atoms with Crippen LogP contribution in [0.3, 0.4) is 0 Å². The summed E-state index contributed by atoms with van der Waals surface area (Å²) in [4.78, 5) is 10.1. The van der Waals surface area contributed by atoms with Gasteiger partial charge in [-0.05, 0) is 6.92 Å². The molecule has 0 amide bonds. The van der Waals surface area contributed by atoms with Gasteiger partial charge in [-0.1, -0.05) is 6.07 Å². The fraction of sp³-hybridized carbons (Fsp3) is 0.400. The average molecular weight is 135 g/mol. The standard InChI is InChI=1S/C5H6NO2.Na/c1-2-8-5(7)3-4-6;/h3H,2H2,1H3;/q-1;+1. The molecule has 3 nitrogen and oxygen atoms in total. The van der Waals surface area contributed by atoms with Crippen LogP contribution in [0.5, 0.6) is 0 Å². The van der Waals surface area contributed by atoms with Gasteiger partial charge >= 0.3 is 29.6 Å². The fourth-order valence-electron chi connectivity index (χ4n) is 0.237. The third kappa shape index (κ3) is 7.83. The van der Waals surface area contributed by atoms with Crippen molar-refractivity contribution < 1.29 is 39.1 Å². The molecule has 0 fully saturated rings. The van der Waals surface area contributed by atoms with Crippen LogP contribution < -0.4 is 29.6 Å². The van der Waals surface area contributed by atoms with E-state index in [1.165, 1.54) is 0 Å². The predicted octanol–water partition coefficient (Wildman–Crippen LogP) is -2.72. The number of nitrogens with zero attached hydrogens (tertiary/aromatic N) is 1. The summed E-state index contributed by atoms with van der Waals surface area (Å²) >= 11 is 0. The van der Waals surface area contributed by atoms with Crippen molar-refractivity contribution in [2.75, 3.05) is 6.61 Å². The Morgan fingerprint density at radius 1 is 1.89 bits per heavy atom. The second-order valence-corrected chi connectivity index (χ2v) is 1.03. The summed E-state index contributed by atoms with van der Waals surface area (Å²) < 4.78 is 4.37. The molecule has 0 saturated carbocycles. The molecule has 0 aliphatic carbocycles. The van der Waals surface area contributed by atoms with Gasteiger partial charge in [0.05, 0.1) is 6.61 Å². The van der Waals surface area contributed by atoms with Crippen molar-refractivity contribution in [1.82, 2.24) is 0 Å². The van der Waals surface area contributed by atoms with Crippen LogP contribution in [0, 0.1) is 17.8 Å². The maximum absolute atomic E-state index is 10.1. The van der Waals surface area contributed by atoms with E-state index in [4.69, 9.17) is 5.26 Å². The molecule has 0 radical (unpaired) electrons. The molecule has 0 N–H and O–H groups in total. The minimum atomic E-state index is -0.574. The van der Waals surface area contributed by atoms with E-state index in [-0.39, 0.29) is 29.6 Å². The van der Waals surface area contributed by atoms with E-state index in [9.17, 15) is 4.79 Å². The Hall–Kier alpha value is -0.170. The minimum absolute atomic E-state index is 0. The second-order valence-electron chi connectivity index (χ2n) is 1.03. The molecule has 0 aromatic rings. The summed E-state index contributed by atoms with van der Waals surface area (Å²) in [5.74, 6) is -0.574. The zero-order valence-electron chi connectivity index (χ0n) is 5.55. The average Bonchev–Trinajstić information content (AvgIpc) is 1.68. The Bertz CT molecular complexity index is 119. The van der Waals surface area contributed by atoms with E-state index in [0.29, 0.717) is 6.61 Å². The van der Waals surface area contributed by atoms with Crippen molar-refractivity contribution in [2.24, 2.45) is 0 Å². The third-order valence-corrected chi connectivity index (χ3v) is 0.469. The van der Waals surface area contributed by atoms with Gasteiger partial charge in [0.25, 0.3) is 0 Å². The SMILES string of the molecule is CCOC(=O)[CH-]C#N.[Na+]. The summed E-state index contributed by atoms with van der Waals surface area (Å²) in [5.41, 5.74) is 0. The van der Waals surface area contributed by atoms with Crippen LogP contribution >= 0.6 is 0 Å². The molecule has 0 aliphatic rings. The molecule has 0 bridgehead atoms. The first kappa shape index (κ1) is 11.6. The number of carbonyl (C=O) groups is 1. The van der Waals surface area contributed by atoms with Crippen molar-refractivity contribution >= 4 is 5.97 Å². The van der Waals surface area contributed by atoms with Crippen molar-refractivity contribution in [1.29, 1.82) is 5.26 Å². The molecule has 0 atom stereocenters. The number of hydrogen-bond acceptors (Lipinski definition) is 3. The first-order valence-electron chi connectivity index (χ1n) is 2.20. The zero-order chi connectivity index (χ0) is 6.41. The smallest absolute Gasteiger partial charge is 0.487 e. The maximum atomic E-state index is 10.1. The largest absolute Gasteiger partial charge is 1.00 e. The minimum Gasteiger partial charge on any atom is -0.487 e. The van der Waals surface area contributed by atoms with Gasteiger partial charge in [0.2, 0.25) is 0 Å². The second kappa shape index (κ2) is 7.83. The molecule has 0 heterocycles. The number of hydrogen-bond donors (Lipinski definition) is 0. The van der Waals surface area contributed by atoms with Crippen LogP contribution in [0.25, 0.3) is 0 Å². The van der Waals surface area contributed by atoms with Crippen molar-refractivity contribution in [3.63, 3.8) is 0 Å². The zero-order valence-corrected chi connectivity index (χ0v) is 7.55. The predicted molar refractivity (Wildman–Crippen MR) is 26.5 cm³/mol. The molecular formula is C5H6NNaO2. The molecule has 44 valence electrons. The number of rotatable bonds is 2. The van der Waals surface area contributed by atoms with Gasteiger partial charge in [-0.3, -0.25) is 4.79 Å². The monoisotopic (exact) mass is 135 g/mol. The Morgan fingerprint density at radius 3 is 2.78 bits per heavy atom. The molecule has 9 heavy (non-hydrogen) atoms. The first-order chi connectivity index (χ1) is 3.81. The normalized spacial score (nSPS) is 6.22. The molecule has 0 unspecified atom stereocenters. The summed E-state index contributed by atoms with van der Waals surface area (Å²) in [5, 5.41) is 7.86. The van der Waals surface area contributed by atoms with E-state index < -0.39 is 5.97 Å². The number of esters is 1. The van der Waals surface area contributed by atoms with E-state index in [1.807, 2.05) is 0 Å². The van der Waals surface area contributed by atoms with E-state index >= 15 is 0 Å². The van der Waals surface area contributed by atoms with Crippen LogP contribution in [0.2, 0.25) is 0 Å². The molecule has 0 rings (SSSR count). The number of ether oxygens (including phenoxy) is 1. The molecule has 0 saturated heterocycles. The van der Waals surface area contributed by atoms with Crippen LogP contribution in [0.4, 0.5) is 0 Å². The van der Waals surface area contributed by atoms with Crippen molar-refractivity contribution in [3.05, 3.63) is 6.42 Å². The third-order valence-electron chi connectivity index (χ3n) is 0.469. The van der Waals surface area contributed by atoms with Gasteiger partial charge < -0.3 is 4.74 Å². The quantitative estimate of drug-likeness (QED) is 0.235. The topological polar surface area (TPSA) is 50.1 Å². The molecular weight excluding hydrogens is 129 g/mol. The number of carbonyl (C=O) groups excluding carboxylic acids is 1. The fourth-order valence-corrected chi connectivity index (χ4v) is 0.237. The first-order valence-corrected chi connectivity index (χ1v) is 2.20. The Labute approximate surface area is 76.3 Å². The number of nitriles is 1. The summed E-state index contributed by atoms with van der Waals surface area (Å²) in [6.45, 7) is 2.00. The maximum Gasteiger partial charge on any atom is 1.00 e. The van der Waals surface area contributed by atoms with Crippen LogP contribution in [0.1, 0.15) is 6.92 Å². The van der Waals surface area contributed by atoms with Gasteiger partial charge in [-0.2, -0.15) is 6.42 Å². The summed E-state index contributed by atoms with van der Waals surface area (Å²) in [7, 11) is 0. The van der Waals surface area contributed by atoms with Gasteiger partial charge in [0, 0.05) is 0 Å². The van der Waals surface area contributed by atoms with Crippen molar-refractivity contribution in [2.45, 2.75) is 6.92 Å². The van der Waals surface area contributed by atoms with Gasteiger partial charge in [0.1, 0.15) is 0 Å².